The van der Waals surface area contributed by atoms with Crippen LogP contribution in [0.2, 0.25) is 5.02 Å². The first-order valence-electron chi connectivity index (χ1n) is 11.1. The smallest absolute Gasteiger partial charge is 0.0969 e. The van der Waals surface area contributed by atoms with E-state index in [2.05, 4.69) is 104 Å². The van der Waals surface area contributed by atoms with Gasteiger partial charge in [-0.2, -0.15) is 5.26 Å². The normalized spacial score (nSPS) is 17.3. The lowest BCUT2D eigenvalue weighted by Gasteiger charge is -2.32. The zero-order chi connectivity index (χ0) is 23.3. The van der Waals surface area contributed by atoms with Crippen molar-refractivity contribution in [3.63, 3.8) is 0 Å². The second-order valence-electron chi connectivity index (χ2n) is 9.31. The molecule has 0 spiro atoms. The van der Waals surface area contributed by atoms with Crippen LogP contribution in [0.15, 0.2) is 78.4 Å². The molecule has 0 radical (unpaired) electrons. The van der Waals surface area contributed by atoms with Crippen molar-refractivity contribution in [2.75, 3.05) is 11.9 Å². The van der Waals surface area contributed by atoms with Crippen LogP contribution in [0, 0.1) is 11.3 Å². The number of benzene rings is 3. The van der Waals surface area contributed by atoms with Gasteiger partial charge in [0.15, 0.2) is 0 Å². The number of nitriles is 1. The van der Waals surface area contributed by atoms with Crippen LogP contribution in [0.4, 0.5) is 5.69 Å². The van der Waals surface area contributed by atoms with Gasteiger partial charge in [0.1, 0.15) is 0 Å². The van der Waals surface area contributed by atoms with E-state index in [0.717, 1.165) is 44.0 Å². The second-order valence-corrected chi connectivity index (χ2v) is 9.75. The molecular weight excluding hydrogens is 426 g/mol. The Morgan fingerprint density at radius 1 is 1.00 bits per heavy atom. The molecule has 0 N–H and O–H groups in total. The van der Waals surface area contributed by atoms with Crippen LogP contribution in [0.1, 0.15) is 25.0 Å². The maximum Gasteiger partial charge on any atom is 0.0969 e. The molecule has 2 heterocycles. The lowest BCUT2D eigenvalue weighted by molar-refractivity contribution is 0.479. The Kier molecular flexibility index (Phi) is 5.07. The van der Waals surface area contributed by atoms with Crippen molar-refractivity contribution in [2.45, 2.75) is 25.3 Å². The molecule has 5 rings (SSSR count). The number of anilines is 1. The molecule has 0 fully saturated rings. The Balaban J connectivity index is 1.74. The molecule has 3 aromatic carbocycles. The molecule has 1 aliphatic heterocycles. The summed E-state index contributed by atoms with van der Waals surface area (Å²) in [5, 5.41) is 12.3. The topological polar surface area (TPSA) is 32.0 Å². The first kappa shape index (κ1) is 21.4. The van der Waals surface area contributed by atoms with Gasteiger partial charge in [-0.25, -0.2) is 0 Å². The van der Waals surface area contributed by atoms with Crippen molar-refractivity contribution in [2.24, 2.45) is 7.05 Å². The molecule has 0 amide bonds. The van der Waals surface area contributed by atoms with E-state index in [1.807, 2.05) is 18.2 Å². The van der Waals surface area contributed by atoms with Crippen LogP contribution in [0.3, 0.4) is 0 Å². The highest BCUT2D eigenvalue weighted by molar-refractivity contribution is 6.30. The summed E-state index contributed by atoms with van der Waals surface area (Å²) in [5.74, 6) is 0. The molecule has 4 heteroatoms. The van der Waals surface area contributed by atoms with Gasteiger partial charge in [0.05, 0.1) is 23.4 Å². The number of fused-ring (bicyclic) bond motifs is 2. The van der Waals surface area contributed by atoms with Crippen LogP contribution in [-0.2, 0) is 12.5 Å². The van der Waals surface area contributed by atoms with E-state index in [0.29, 0.717) is 0 Å². The molecule has 1 unspecified atom stereocenters. The number of para-hydroxylation sites is 1. The lowest BCUT2D eigenvalue weighted by Crippen LogP contribution is -2.40. The molecular formula is C29H26ClN3. The van der Waals surface area contributed by atoms with Crippen molar-refractivity contribution >= 4 is 34.3 Å². The van der Waals surface area contributed by atoms with Gasteiger partial charge >= 0.3 is 0 Å². The van der Waals surface area contributed by atoms with Crippen LogP contribution in [0.25, 0.3) is 28.2 Å². The zero-order valence-electron chi connectivity index (χ0n) is 19.3. The zero-order valence-corrected chi connectivity index (χ0v) is 20.1. The van der Waals surface area contributed by atoms with E-state index in [9.17, 15) is 5.26 Å². The number of aryl methyl sites for hydroxylation is 1. The number of nitrogens with zero attached hydrogens (tertiary/aromatic N) is 3. The summed E-state index contributed by atoms with van der Waals surface area (Å²) in [6.07, 6.45) is 2.10. The number of hydrogen-bond donors (Lipinski definition) is 0. The summed E-state index contributed by atoms with van der Waals surface area (Å²) in [4.78, 5) is 2.22. The average molecular weight is 452 g/mol. The van der Waals surface area contributed by atoms with Gasteiger partial charge in [0, 0.05) is 46.7 Å². The summed E-state index contributed by atoms with van der Waals surface area (Å²) in [6.45, 7) is 4.39. The molecule has 33 heavy (non-hydrogen) atoms. The molecule has 1 aliphatic rings. The Morgan fingerprint density at radius 3 is 2.42 bits per heavy atom. The minimum Gasteiger partial charge on any atom is -0.366 e. The van der Waals surface area contributed by atoms with Crippen molar-refractivity contribution in [1.29, 1.82) is 5.26 Å². The minimum absolute atomic E-state index is 0.0986. The maximum atomic E-state index is 10.4. The highest BCUT2D eigenvalue weighted by Crippen LogP contribution is 2.48. The summed E-state index contributed by atoms with van der Waals surface area (Å²) in [7, 11) is 4.16. The number of hydrogen-bond acceptors (Lipinski definition) is 2. The third-order valence-electron chi connectivity index (χ3n) is 7.02. The molecule has 1 aromatic heterocycles. The third kappa shape index (κ3) is 3.25. The van der Waals surface area contributed by atoms with Crippen LogP contribution in [0.5, 0.6) is 0 Å². The molecule has 0 bridgehead atoms. The molecule has 3 nitrogen and oxygen atoms in total. The van der Waals surface area contributed by atoms with Gasteiger partial charge in [0.25, 0.3) is 0 Å². The Morgan fingerprint density at radius 2 is 1.70 bits per heavy atom. The Labute approximate surface area is 200 Å². The van der Waals surface area contributed by atoms with Gasteiger partial charge in [-0.3, -0.25) is 0 Å². The van der Waals surface area contributed by atoms with Crippen molar-refractivity contribution in [3.8, 4) is 17.3 Å². The predicted molar refractivity (Wildman–Crippen MR) is 139 cm³/mol. The highest BCUT2D eigenvalue weighted by atomic mass is 35.5. The first-order valence-corrected chi connectivity index (χ1v) is 11.5. The van der Waals surface area contributed by atoms with Crippen LogP contribution >= 0.6 is 11.6 Å². The number of likely N-dealkylation sites (N-methyl/N-ethyl adjacent to an activating group) is 1. The van der Waals surface area contributed by atoms with Crippen LogP contribution in [-0.4, -0.2) is 17.7 Å². The Bertz CT molecular complexity index is 1440. The van der Waals surface area contributed by atoms with E-state index in [1.165, 1.54) is 5.56 Å². The monoisotopic (exact) mass is 451 g/mol. The fourth-order valence-electron chi connectivity index (χ4n) is 5.54. The molecule has 1 atom stereocenters. The van der Waals surface area contributed by atoms with Gasteiger partial charge < -0.3 is 9.47 Å². The summed E-state index contributed by atoms with van der Waals surface area (Å²) < 4.78 is 2.23. The molecule has 164 valence electrons. The van der Waals surface area contributed by atoms with Gasteiger partial charge in [-0.05, 0) is 41.5 Å². The maximum absolute atomic E-state index is 10.4. The van der Waals surface area contributed by atoms with Gasteiger partial charge in [0.2, 0.25) is 0 Å². The van der Waals surface area contributed by atoms with E-state index in [4.69, 9.17) is 11.6 Å². The first-order chi connectivity index (χ1) is 15.8. The summed E-state index contributed by atoms with van der Waals surface area (Å²) >= 11 is 6.35. The lowest BCUT2D eigenvalue weighted by atomic mass is 9.77. The van der Waals surface area contributed by atoms with Crippen LogP contribution < -0.4 is 4.90 Å². The fraction of sp³-hybridized carbons (Fsp3) is 0.207. The number of aromatic nitrogens is 1. The van der Waals surface area contributed by atoms with Crippen molar-refractivity contribution < 1.29 is 0 Å². The van der Waals surface area contributed by atoms with E-state index in [1.54, 1.807) is 0 Å². The average Bonchev–Trinajstić information content (AvgIpc) is 3.20. The standard InChI is InChI=1S/C29H26ClN3/c1-29(2)24-17-21(30)14-15-26(24)33(4)28(29)20(18-31)16-23-22-12-8-9-13-25(22)32(3)27(23)19-10-6-5-7-11-19/h5-17,28H,1-4H3/b20-16+. The van der Waals surface area contributed by atoms with E-state index in [-0.39, 0.29) is 11.5 Å². The van der Waals surface area contributed by atoms with Gasteiger partial charge in [-0.15, -0.1) is 0 Å². The molecule has 0 saturated carbocycles. The SMILES string of the molecule is CN1c2ccc(Cl)cc2C(C)(C)C1/C(C#N)=C/c1c(-c2ccccc2)n(C)c2ccccc12. The molecule has 4 aromatic rings. The molecule has 0 aliphatic carbocycles. The second kappa shape index (κ2) is 7.83. The third-order valence-corrected chi connectivity index (χ3v) is 7.26. The van der Waals surface area contributed by atoms with E-state index < -0.39 is 0 Å². The number of halogens is 1. The van der Waals surface area contributed by atoms with Gasteiger partial charge in [-0.1, -0.05) is 74.0 Å². The number of rotatable bonds is 3. The largest absolute Gasteiger partial charge is 0.366 e. The fourth-order valence-corrected chi connectivity index (χ4v) is 5.71. The quantitative estimate of drug-likeness (QED) is 0.308. The van der Waals surface area contributed by atoms with E-state index >= 15 is 0 Å². The van der Waals surface area contributed by atoms with Crippen molar-refractivity contribution in [3.05, 3.63) is 94.5 Å². The summed E-state index contributed by atoms with van der Waals surface area (Å²) in [6, 6.07) is 27.3. The summed E-state index contributed by atoms with van der Waals surface area (Å²) in [5.41, 5.74) is 7.24. The van der Waals surface area contributed by atoms with Crippen molar-refractivity contribution in [1.82, 2.24) is 4.57 Å². The molecule has 0 saturated heterocycles. The highest BCUT2D eigenvalue weighted by Gasteiger charge is 2.45. The minimum atomic E-state index is -0.270. The predicted octanol–water partition coefficient (Wildman–Crippen LogP) is 7.20. The Hall–Kier alpha value is -3.48.